The number of benzene rings is 1. The lowest BCUT2D eigenvalue weighted by Gasteiger charge is -2.27. The number of hydrogen-bond acceptors (Lipinski definition) is 4. The number of pyridine rings is 1. The fourth-order valence-electron chi connectivity index (χ4n) is 2.81. The quantitative estimate of drug-likeness (QED) is 0.817. The summed E-state index contributed by atoms with van der Waals surface area (Å²) in [6, 6.07) is 8.99. The molecule has 0 N–H and O–H groups in total. The molecule has 1 atom stereocenters. The first-order chi connectivity index (χ1) is 12.8. The maximum absolute atomic E-state index is 12.7. The molecule has 8 heteroatoms. The van der Waals surface area contributed by atoms with Crippen LogP contribution in [-0.4, -0.2) is 55.3 Å². The number of ether oxygens (including phenoxy) is 2. The Labute approximate surface area is 154 Å². The van der Waals surface area contributed by atoms with Gasteiger partial charge >= 0.3 is 6.18 Å². The number of likely N-dealkylation sites (N-methyl/N-ethyl adjacent to an activating group) is 1. The van der Waals surface area contributed by atoms with Gasteiger partial charge in [0.05, 0.1) is 25.9 Å². The molecule has 1 aromatic carbocycles. The normalized spacial score (nSPS) is 17.6. The molecule has 3 rings (SSSR count). The van der Waals surface area contributed by atoms with Gasteiger partial charge in [0.1, 0.15) is 5.69 Å². The fourth-order valence-corrected chi connectivity index (χ4v) is 2.81. The van der Waals surface area contributed by atoms with Gasteiger partial charge in [-0.2, -0.15) is 13.2 Å². The molecule has 2 heterocycles. The van der Waals surface area contributed by atoms with Crippen LogP contribution in [0.4, 0.5) is 13.2 Å². The van der Waals surface area contributed by atoms with Crippen LogP contribution in [0.5, 0.6) is 0 Å². The van der Waals surface area contributed by atoms with Crippen LogP contribution in [0, 0.1) is 0 Å². The maximum Gasteiger partial charge on any atom is 0.433 e. The third-order valence-electron chi connectivity index (χ3n) is 4.21. The Morgan fingerprint density at radius 2 is 2.04 bits per heavy atom. The zero-order chi connectivity index (χ0) is 19.4. The number of hydrogen-bond donors (Lipinski definition) is 0. The molecular weight excluding hydrogens is 361 g/mol. The molecule has 0 radical (unpaired) electrons. The third-order valence-corrected chi connectivity index (χ3v) is 4.21. The number of aromatic nitrogens is 1. The first kappa shape index (κ1) is 19.3. The van der Waals surface area contributed by atoms with Crippen molar-refractivity contribution in [1.82, 2.24) is 9.88 Å². The Hall–Kier alpha value is -2.45. The lowest BCUT2D eigenvalue weighted by Crippen LogP contribution is -2.40. The minimum atomic E-state index is -4.48. The predicted octanol–water partition coefficient (Wildman–Crippen LogP) is 3.25. The van der Waals surface area contributed by atoms with Gasteiger partial charge in [-0.3, -0.25) is 9.78 Å². The molecule has 0 spiro atoms. The second-order valence-corrected chi connectivity index (χ2v) is 6.26. The topological polar surface area (TPSA) is 51.7 Å². The van der Waals surface area contributed by atoms with Gasteiger partial charge in [-0.25, -0.2) is 0 Å². The summed E-state index contributed by atoms with van der Waals surface area (Å²) in [6.45, 7) is 1.89. The average molecular weight is 380 g/mol. The zero-order valence-electron chi connectivity index (χ0n) is 14.7. The molecule has 1 fully saturated rings. The largest absolute Gasteiger partial charge is 0.433 e. The molecule has 5 nitrogen and oxygen atoms in total. The van der Waals surface area contributed by atoms with Crippen LogP contribution in [0.2, 0.25) is 0 Å². The summed E-state index contributed by atoms with van der Waals surface area (Å²) < 4.78 is 48.8. The number of halogens is 3. The maximum atomic E-state index is 12.7. The number of carbonyl (C=O) groups is 1. The van der Waals surface area contributed by atoms with E-state index in [1.165, 1.54) is 6.07 Å². The van der Waals surface area contributed by atoms with Gasteiger partial charge in [0.15, 0.2) is 0 Å². The number of nitrogens with zero attached hydrogens (tertiary/aromatic N) is 2. The van der Waals surface area contributed by atoms with Gasteiger partial charge in [-0.05, 0) is 23.8 Å². The van der Waals surface area contributed by atoms with E-state index in [-0.39, 0.29) is 12.0 Å². The molecule has 2 aromatic rings. The summed E-state index contributed by atoms with van der Waals surface area (Å²) >= 11 is 0. The van der Waals surface area contributed by atoms with E-state index in [9.17, 15) is 18.0 Å². The van der Waals surface area contributed by atoms with E-state index in [0.29, 0.717) is 43.1 Å². The molecule has 1 aliphatic heterocycles. The van der Waals surface area contributed by atoms with Crippen molar-refractivity contribution in [2.24, 2.45) is 0 Å². The smallest absolute Gasteiger partial charge is 0.376 e. The monoisotopic (exact) mass is 380 g/mol. The lowest BCUT2D eigenvalue weighted by molar-refractivity contribution is -0.141. The Kier molecular flexibility index (Phi) is 5.76. The summed E-state index contributed by atoms with van der Waals surface area (Å²) in [5.41, 5.74) is 0.608. The van der Waals surface area contributed by atoms with Crippen LogP contribution in [0.25, 0.3) is 11.1 Å². The molecule has 0 unspecified atom stereocenters. The van der Waals surface area contributed by atoms with Crippen molar-refractivity contribution in [3.63, 3.8) is 0 Å². The fraction of sp³-hybridized carbons (Fsp3) is 0.368. The minimum Gasteiger partial charge on any atom is -0.376 e. The number of amides is 1. The van der Waals surface area contributed by atoms with E-state index >= 15 is 0 Å². The standard InChI is InChI=1S/C19H19F3N2O3/c1-24(11-16-12-26-7-8-27-16)18(25)14-4-2-3-13(9-14)15-5-6-17(23-10-15)19(20,21)22/h2-6,9-10,16H,7-8,11-12H2,1H3/t16-/m0/s1. The molecule has 0 aliphatic carbocycles. The van der Waals surface area contributed by atoms with Crippen molar-refractivity contribution in [3.8, 4) is 11.1 Å². The number of rotatable bonds is 4. The first-order valence-electron chi connectivity index (χ1n) is 8.43. The summed E-state index contributed by atoms with van der Waals surface area (Å²) in [5.74, 6) is -0.203. The van der Waals surface area contributed by atoms with E-state index in [2.05, 4.69) is 4.98 Å². The second kappa shape index (κ2) is 8.06. The highest BCUT2D eigenvalue weighted by atomic mass is 19.4. The van der Waals surface area contributed by atoms with E-state index in [0.717, 1.165) is 12.3 Å². The van der Waals surface area contributed by atoms with E-state index in [1.54, 1.807) is 36.2 Å². The van der Waals surface area contributed by atoms with E-state index in [4.69, 9.17) is 9.47 Å². The van der Waals surface area contributed by atoms with E-state index in [1.807, 2.05) is 0 Å². The van der Waals surface area contributed by atoms with E-state index < -0.39 is 11.9 Å². The van der Waals surface area contributed by atoms with Crippen LogP contribution in [0.1, 0.15) is 16.1 Å². The van der Waals surface area contributed by atoms with Crippen molar-refractivity contribution in [2.45, 2.75) is 12.3 Å². The Bertz CT molecular complexity index is 788. The molecule has 1 aromatic heterocycles. The van der Waals surface area contributed by atoms with Crippen LogP contribution >= 0.6 is 0 Å². The Morgan fingerprint density at radius 1 is 1.22 bits per heavy atom. The van der Waals surface area contributed by atoms with Crippen molar-refractivity contribution in [2.75, 3.05) is 33.4 Å². The van der Waals surface area contributed by atoms with Crippen LogP contribution in [0.3, 0.4) is 0 Å². The predicted molar refractivity (Wildman–Crippen MR) is 92.2 cm³/mol. The van der Waals surface area contributed by atoms with Crippen LogP contribution in [-0.2, 0) is 15.7 Å². The number of carbonyl (C=O) groups excluding carboxylic acids is 1. The SMILES string of the molecule is CN(C[C@H]1COCCO1)C(=O)c1cccc(-c2ccc(C(F)(F)F)nc2)c1. The van der Waals surface area contributed by atoms with Gasteiger partial charge in [0, 0.05) is 30.9 Å². The van der Waals surface area contributed by atoms with Gasteiger partial charge in [0.25, 0.3) is 5.91 Å². The van der Waals surface area contributed by atoms with Crippen molar-refractivity contribution < 1.29 is 27.4 Å². The molecule has 1 saturated heterocycles. The second-order valence-electron chi connectivity index (χ2n) is 6.26. The first-order valence-corrected chi connectivity index (χ1v) is 8.43. The molecule has 0 saturated carbocycles. The zero-order valence-corrected chi connectivity index (χ0v) is 14.7. The molecule has 0 bridgehead atoms. The Balaban J connectivity index is 1.73. The molecule has 27 heavy (non-hydrogen) atoms. The average Bonchev–Trinajstić information content (AvgIpc) is 2.67. The van der Waals surface area contributed by atoms with Crippen molar-refractivity contribution in [1.29, 1.82) is 0 Å². The third kappa shape index (κ3) is 4.84. The molecular formula is C19H19F3N2O3. The van der Waals surface area contributed by atoms with Gasteiger partial charge in [-0.1, -0.05) is 18.2 Å². The van der Waals surface area contributed by atoms with Gasteiger partial charge < -0.3 is 14.4 Å². The Morgan fingerprint density at radius 3 is 2.67 bits per heavy atom. The summed E-state index contributed by atoms with van der Waals surface area (Å²) in [5, 5.41) is 0. The highest BCUT2D eigenvalue weighted by Gasteiger charge is 2.32. The number of alkyl halides is 3. The summed E-state index contributed by atoms with van der Waals surface area (Å²) in [7, 11) is 1.67. The van der Waals surface area contributed by atoms with Gasteiger partial charge in [0.2, 0.25) is 0 Å². The summed E-state index contributed by atoms with van der Waals surface area (Å²) in [4.78, 5) is 17.7. The van der Waals surface area contributed by atoms with Crippen molar-refractivity contribution >= 4 is 5.91 Å². The van der Waals surface area contributed by atoms with Crippen LogP contribution < -0.4 is 0 Å². The lowest BCUT2D eigenvalue weighted by atomic mass is 10.0. The van der Waals surface area contributed by atoms with Crippen molar-refractivity contribution in [3.05, 3.63) is 53.9 Å². The van der Waals surface area contributed by atoms with Gasteiger partial charge in [-0.15, -0.1) is 0 Å². The molecule has 1 aliphatic rings. The highest BCUT2D eigenvalue weighted by Crippen LogP contribution is 2.29. The highest BCUT2D eigenvalue weighted by molar-refractivity contribution is 5.95. The minimum absolute atomic E-state index is 0.171. The molecule has 1 amide bonds. The summed E-state index contributed by atoms with van der Waals surface area (Å²) in [6.07, 6.45) is -3.50. The molecule has 144 valence electrons. The van der Waals surface area contributed by atoms with Crippen LogP contribution in [0.15, 0.2) is 42.6 Å².